The van der Waals surface area contributed by atoms with E-state index in [0.29, 0.717) is 0 Å². The Kier molecular flexibility index (Phi) is 4.66. The largest absolute Gasteiger partial charge is 0.306 e. The molecule has 1 aromatic heterocycles. The van der Waals surface area contributed by atoms with Gasteiger partial charge < -0.3 is 5.32 Å². The number of halogens is 2. The van der Waals surface area contributed by atoms with Crippen LogP contribution in [0.25, 0.3) is 0 Å². The summed E-state index contributed by atoms with van der Waals surface area (Å²) in [6, 6.07) is 6.95. The molecule has 2 rings (SSSR count). The average Bonchev–Trinajstić information content (AvgIpc) is 2.37. The normalized spacial score (nSPS) is 12.4. The second kappa shape index (κ2) is 6.26. The molecule has 0 aliphatic carbocycles. The average molecular weight is 323 g/mol. The van der Waals surface area contributed by atoms with Crippen molar-refractivity contribution in [3.8, 4) is 0 Å². The van der Waals surface area contributed by atoms with Gasteiger partial charge >= 0.3 is 0 Å². The Morgan fingerprint density at radius 3 is 2.74 bits per heavy atom. The Morgan fingerprint density at radius 2 is 2.11 bits per heavy atom. The molecule has 1 atom stereocenters. The number of nitrogens with zero attached hydrogens (tertiary/aromatic N) is 1. The molecule has 1 unspecified atom stereocenters. The smallest absolute Gasteiger partial charge is 0.123 e. The Morgan fingerprint density at radius 1 is 1.32 bits per heavy atom. The van der Waals surface area contributed by atoms with Crippen LogP contribution in [-0.2, 0) is 0 Å². The molecule has 0 bridgehead atoms. The first-order chi connectivity index (χ1) is 9.11. The van der Waals surface area contributed by atoms with E-state index in [0.717, 1.165) is 27.7 Å². The van der Waals surface area contributed by atoms with Crippen LogP contribution < -0.4 is 5.32 Å². The lowest BCUT2D eigenvalue weighted by molar-refractivity contribution is 0.609. The summed E-state index contributed by atoms with van der Waals surface area (Å²) in [7, 11) is 0. The first kappa shape index (κ1) is 14.2. The molecule has 0 aliphatic heterocycles. The van der Waals surface area contributed by atoms with E-state index in [4.69, 9.17) is 0 Å². The zero-order chi connectivity index (χ0) is 13.8. The van der Waals surface area contributed by atoms with Crippen molar-refractivity contribution in [2.24, 2.45) is 0 Å². The third-order valence-corrected chi connectivity index (χ3v) is 3.44. The van der Waals surface area contributed by atoms with Crippen LogP contribution >= 0.6 is 15.9 Å². The summed E-state index contributed by atoms with van der Waals surface area (Å²) in [5, 5.41) is 3.42. The Balaban J connectivity index is 2.45. The zero-order valence-corrected chi connectivity index (χ0v) is 12.5. The minimum absolute atomic E-state index is 0.0237. The maximum Gasteiger partial charge on any atom is 0.123 e. The number of aryl methyl sites for hydroxylation is 1. The van der Waals surface area contributed by atoms with E-state index in [1.807, 2.05) is 25.3 Å². The van der Waals surface area contributed by atoms with Gasteiger partial charge in [-0.25, -0.2) is 4.39 Å². The minimum Gasteiger partial charge on any atom is -0.306 e. The van der Waals surface area contributed by atoms with Crippen LogP contribution in [0.5, 0.6) is 0 Å². The molecule has 1 aromatic carbocycles. The van der Waals surface area contributed by atoms with Crippen LogP contribution in [0.3, 0.4) is 0 Å². The molecule has 0 aliphatic rings. The quantitative estimate of drug-likeness (QED) is 0.920. The number of aromatic nitrogens is 1. The fourth-order valence-electron chi connectivity index (χ4n) is 2.16. The summed E-state index contributed by atoms with van der Waals surface area (Å²) in [6.45, 7) is 4.80. The van der Waals surface area contributed by atoms with Gasteiger partial charge in [0.25, 0.3) is 0 Å². The SMILES string of the molecule is CCNC(c1cncc(Br)c1)c1ccc(F)cc1C. The van der Waals surface area contributed by atoms with Crippen molar-refractivity contribution in [2.75, 3.05) is 6.54 Å². The van der Waals surface area contributed by atoms with E-state index < -0.39 is 0 Å². The molecule has 0 saturated carbocycles. The molecule has 2 aromatic rings. The van der Waals surface area contributed by atoms with Gasteiger partial charge in [0, 0.05) is 16.9 Å². The summed E-state index contributed by atoms with van der Waals surface area (Å²) >= 11 is 3.43. The first-order valence-corrected chi connectivity index (χ1v) is 7.01. The Labute approximate surface area is 121 Å². The molecule has 0 saturated heterocycles. The number of benzene rings is 1. The zero-order valence-electron chi connectivity index (χ0n) is 11.0. The fourth-order valence-corrected chi connectivity index (χ4v) is 2.54. The van der Waals surface area contributed by atoms with Crippen molar-refractivity contribution < 1.29 is 4.39 Å². The van der Waals surface area contributed by atoms with Gasteiger partial charge in [0.2, 0.25) is 0 Å². The van der Waals surface area contributed by atoms with Crippen LogP contribution in [0.4, 0.5) is 4.39 Å². The van der Waals surface area contributed by atoms with Crippen molar-refractivity contribution in [2.45, 2.75) is 19.9 Å². The molecule has 2 nitrogen and oxygen atoms in total. The van der Waals surface area contributed by atoms with Crippen molar-refractivity contribution in [3.05, 3.63) is 63.6 Å². The summed E-state index contributed by atoms with van der Waals surface area (Å²) in [5.41, 5.74) is 3.07. The highest BCUT2D eigenvalue weighted by Gasteiger charge is 2.16. The number of nitrogens with one attached hydrogen (secondary N) is 1. The van der Waals surface area contributed by atoms with E-state index in [9.17, 15) is 4.39 Å². The van der Waals surface area contributed by atoms with Gasteiger partial charge in [0.1, 0.15) is 5.82 Å². The van der Waals surface area contributed by atoms with E-state index in [2.05, 4.69) is 33.2 Å². The molecular formula is C15H16BrFN2. The molecule has 0 fully saturated rings. The molecule has 1 N–H and O–H groups in total. The van der Waals surface area contributed by atoms with E-state index in [1.165, 1.54) is 6.07 Å². The van der Waals surface area contributed by atoms with Crippen LogP contribution in [-0.4, -0.2) is 11.5 Å². The summed E-state index contributed by atoms with van der Waals surface area (Å²) in [4.78, 5) is 4.20. The first-order valence-electron chi connectivity index (χ1n) is 6.21. The van der Waals surface area contributed by atoms with E-state index >= 15 is 0 Å². The fraction of sp³-hybridized carbons (Fsp3) is 0.267. The lowest BCUT2D eigenvalue weighted by atomic mass is 9.96. The van der Waals surface area contributed by atoms with Gasteiger partial charge in [0.05, 0.1) is 6.04 Å². The monoisotopic (exact) mass is 322 g/mol. The maximum absolute atomic E-state index is 13.2. The highest BCUT2D eigenvalue weighted by molar-refractivity contribution is 9.10. The number of pyridine rings is 1. The molecule has 0 amide bonds. The topological polar surface area (TPSA) is 24.9 Å². The van der Waals surface area contributed by atoms with Crippen molar-refractivity contribution in [1.82, 2.24) is 10.3 Å². The van der Waals surface area contributed by atoms with Crippen LogP contribution in [0.2, 0.25) is 0 Å². The lowest BCUT2D eigenvalue weighted by Gasteiger charge is -2.20. The second-order valence-corrected chi connectivity index (χ2v) is 5.34. The van der Waals surface area contributed by atoms with Crippen LogP contribution in [0.1, 0.15) is 29.7 Å². The highest BCUT2D eigenvalue weighted by atomic mass is 79.9. The third-order valence-electron chi connectivity index (χ3n) is 3.01. The summed E-state index contributed by atoms with van der Waals surface area (Å²) in [5.74, 6) is -0.205. The summed E-state index contributed by atoms with van der Waals surface area (Å²) in [6.07, 6.45) is 3.59. The molecule has 100 valence electrons. The number of hydrogen-bond donors (Lipinski definition) is 1. The number of rotatable bonds is 4. The maximum atomic E-state index is 13.2. The lowest BCUT2D eigenvalue weighted by Crippen LogP contribution is -2.23. The van der Waals surface area contributed by atoms with Crippen molar-refractivity contribution in [1.29, 1.82) is 0 Å². The third kappa shape index (κ3) is 3.39. The van der Waals surface area contributed by atoms with Gasteiger partial charge in [-0.2, -0.15) is 0 Å². The van der Waals surface area contributed by atoms with Crippen molar-refractivity contribution in [3.63, 3.8) is 0 Å². The van der Waals surface area contributed by atoms with Gasteiger partial charge in [-0.15, -0.1) is 0 Å². The molecule has 1 heterocycles. The molecular weight excluding hydrogens is 307 g/mol. The minimum atomic E-state index is -0.205. The Hall–Kier alpha value is -1.26. The van der Waals surface area contributed by atoms with Crippen LogP contribution in [0, 0.1) is 12.7 Å². The van der Waals surface area contributed by atoms with Gasteiger partial charge in [-0.05, 0) is 64.3 Å². The summed E-state index contributed by atoms with van der Waals surface area (Å²) < 4.78 is 14.2. The number of hydrogen-bond acceptors (Lipinski definition) is 2. The van der Waals surface area contributed by atoms with Gasteiger partial charge in [-0.3, -0.25) is 4.98 Å². The van der Waals surface area contributed by atoms with E-state index in [-0.39, 0.29) is 11.9 Å². The molecule has 4 heteroatoms. The van der Waals surface area contributed by atoms with Gasteiger partial charge in [-0.1, -0.05) is 13.0 Å². The van der Waals surface area contributed by atoms with E-state index in [1.54, 1.807) is 12.3 Å². The molecule has 0 spiro atoms. The predicted molar refractivity (Wildman–Crippen MR) is 78.6 cm³/mol. The van der Waals surface area contributed by atoms with Crippen LogP contribution in [0.15, 0.2) is 41.1 Å². The molecule has 0 radical (unpaired) electrons. The van der Waals surface area contributed by atoms with Gasteiger partial charge in [0.15, 0.2) is 0 Å². The standard InChI is InChI=1S/C15H16BrFN2/c1-3-19-15(11-7-12(16)9-18-8-11)14-5-4-13(17)6-10(14)2/h4-9,15,19H,3H2,1-2H3. The molecule has 19 heavy (non-hydrogen) atoms. The Bertz CT molecular complexity index is 572. The predicted octanol–water partition coefficient (Wildman–Crippen LogP) is 3.99. The second-order valence-electron chi connectivity index (χ2n) is 4.43. The highest BCUT2D eigenvalue weighted by Crippen LogP contribution is 2.26. The van der Waals surface area contributed by atoms with Crippen molar-refractivity contribution >= 4 is 15.9 Å².